The smallest absolute Gasteiger partial charge is 0.168 e. The van der Waals surface area contributed by atoms with Crippen LogP contribution in [0.3, 0.4) is 0 Å². The number of aromatic nitrogens is 4. The minimum atomic E-state index is 0.100. The highest BCUT2D eigenvalue weighted by Gasteiger charge is 2.19. The summed E-state index contributed by atoms with van der Waals surface area (Å²) in [6.45, 7) is 2.22. The van der Waals surface area contributed by atoms with Crippen molar-refractivity contribution >= 4 is 16.7 Å². The van der Waals surface area contributed by atoms with Crippen molar-refractivity contribution in [2.24, 2.45) is 7.05 Å². The molecule has 0 N–H and O–H groups in total. The summed E-state index contributed by atoms with van der Waals surface area (Å²) >= 11 is 0. The van der Waals surface area contributed by atoms with E-state index in [0.29, 0.717) is 5.92 Å². The summed E-state index contributed by atoms with van der Waals surface area (Å²) in [5, 5.41) is 5.21. The molecule has 3 aromatic heterocycles. The van der Waals surface area contributed by atoms with Gasteiger partial charge in [0.25, 0.3) is 0 Å². The molecule has 0 atom stereocenters. The lowest BCUT2D eigenvalue weighted by Gasteiger charge is -2.29. The Morgan fingerprint density at radius 3 is 2.62 bits per heavy atom. The minimum absolute atomic E-state index is 0.100. The number of benzene rings is 1. The number of ketones is 1. The fraction of sp³-hybridized carbons (Fsp3) is 0.308. The summed E-state index contributed by atoms with van der Waals surface area (Å²) in [5.41, 5.74) is 5.64. The third-order valence-corrected chi connectivity index (χ3v) is 6.40. The van der Waals surface area contributed by atoms with Crippen LogP contribution in [0.4, 0.5) is 0 Å². The summed E-state index contributed by atoms with van der Waals surface area (Å²) in [6.07, 6.45) is 9.95. The number of hydrogen-bond acceptors (Lipinski definition) is 5. The van der Waals surface area contributed by atoms with E-state index in [2.05, 4.69) is 45.2 Å². The number of nitrogens with zero attached hydrogens (tertiary/aromatic N) is 5. The number of piperidine rings is 1. The topological polar surface area (TPSA) is 63.9 Å². The predicted octanol–water partition coefficient (Wildman–Crippen LogP) is 4.26. The van der Waals surface area contributed by atoms with Crippen molar-refractivity contribution in [3.63, 3.8) is 0 Å². The maximum absolute atomic E-state index is 13.1. The number of likely N-dealkylation sites (tertiary alicyclic amines) is 1. The van der Waals surface area contributed by atoms with Gasteiger partial charge in [-0.2, -0.15) is 5.10 Å². The van der Waals surface area contributed by atoms with Crippen molar-refractivity contribution in [3.8, 4) is 11.1 Å². The lowest BCUT2D eigenvalue weighted by Crippen LogP contribution is -2.29. The zero-order valence-corrected chi connectivity index (χ0v) is 18.5. The molecule has 1 saturated heterocycles. The Kier molecular flexibility index (Phi) is 5.53. The van der Waals surface area contributed by atoms with Crippen LogP contribution >= 0.6 is 0 Å². The Bertz CT molecular complexity index is 1270. The van der Waals surface area contributed by atoms with Crippen LogP contribution in [0, 0.1) is 0 Å². The van der Waals surface area contributed by atoms with E-state index < -0.39 is 0 Å². The van der Waals surface area contributed by atoms with Gasteiger partial charge in [-0.3, -0.25) is 19.4 Å². The molecular formula is C26H27N5O. The molecule has 6 nitrogen and oxygen atoms in total. The van der Waals surface area contributed by atoms with Crippen LogP contribution in [0.5, 0.6) is 0 Å². The molecule has 0 amide bonds. The van der Waals surface area contributed by atoms with E-state index in [4.69, 9.17) is 0 Å². The van der Waals surface area contributed by atoms with Gasteiger partial charge in [-0.1, -0.05) is 18.2 Å². The van der Waals surface area contributed by atoms with E-state index in [0.717, 1.165) is 59.2 Å². The average Bonchev–Trinajstić information content (AvgIpc) is 3.25. The molecule has 0 unspecified atom stereocenters. The van der Waals surface area contributed by atoms with Gasteiger partial charge in [0.1, 0.15) is 0 Å². The molecule has 1 aliphatic heterocycles. The molecule has 162 valence electrons. The first-order valence-electron chi connectivity index (χ1n) is 11.1. The standard InChI is InChI=1S/C26H27N5O/c1-30-8-6-18(7-9-30)19-4-3-5-20(10-19)26(32)13-24-12-21-11-22(14-28-25(21)16-27-24)23-15-29-31(2)17-23/h3-5,10-12,14-18H,6-9,13H2,1-2H3. The van der Waals surface area contributed by atoms with E-state index >= 15 is 0 Å². The molecule has 6 heteroatoms. The van der Waals surface area contributed by atoms with Crippen molar-refractivity contribution < 1.29 is 4.79 Å². The van der Waals surface area contributed by atoms with Crippen LogP contribution in [-0.4, -0.2) is 50.6 Å². The summed E-state index contributed by atoms with van der Waals surface area (Å²) in [5.74, 6) is 0.637. The maximum atomic E-state index is 13.1. The van der Waals surface area contributed by atoms with Crippen LogP contribution in [0.2, 0.25) is 0 Å². The Labute approximate surface area is 187 Å². The highest BCUT2D eigenvalue weighted by atomic mass is 16.1. The molecule has 4 aromatic rings. The van der Waals surface area contributed by atoms with E-state index in [-0.39, 0.29) is 12.2 Å². The normalized spacial score (nSPS) is 15.3. The first kappa shape index (κ1) is 20.5. The summed E-state index contributed by atoms with van der Waals surface area (Å²) < 4.78 is 1.77. The zero-order chi connectivity index (χ0) is 22.1. The fourth-order valence-corrected chi connectivity index (χ4v) is 4.48. The third kappa shape index (κ3) is 4.32. The van der Waals surface area contributed by atoms with E-state index in [1.165, 1.54) is 5.56 Å². The van der Waals surface area contributed by atoms with Gasteiger partial charge in [-0.15, -0.1) is 0 Å². The predicted molar refractivity (Wildman–Crippen MR) is 126 cm³/mol. The zero-order valence-electron chi connectivity index (χ0n) is 18.5. The Morgan fingerprint density at radius 2 is 1.84 bits per heavy atom. The van der Waals surface area contributed by atoms with Crippen molar-refractivity contribution in [2.45, 2.75) is 25.2 Å². The Morgan fingerprint density at radius 1 is 1.00 bits per heavy atom. The molecule has 32 heavy (non-hydrogen) atoms. The number of Topliss-reactive ketones (excluding diaryl/α,β-unsaturated/α-hetero) is 1. The van der Waals surface area contributed by atoms with Gasteiger partial charge >= 0.3 is 0 Å². The maximum Gasteiger partial charge on any atom is 0.168 e. The molecular weight excluding hydrogens is 398 g/mol. The first-order valence-corrected chi connectivity index (χ1v) is 11.1. The lowest BCUT2D eigenvalue weighted by molar-refractivity contribution is 0.0992. The number of fused-ring (bicyclic) bond motifs is 1. The lowest BCUT2D eigenvalue weighted by atomic mass is 9.88. The van der Waals surface area contributed by atoms with Gasteiger partial charge in [0.15, 0.2) is 5.78 Å². The van der Waals surface area contributed by atoms with E-state index in [1.54, 1.807) is 10.9 Å². The number of rotatable bonds is 5. The summed E-state index contributed by atoms with van der Waals surface area (Å²) in [6, 6.07) is 12.2. The van der Waals surface area contributed by atoms with Crippen molar-refractivity contribution in [2.75, 3.05) is 20.1 Å². The van der Waals surface area contributed by atoms with Gasteiger partial charge in [0, 0.05) is 47.2 Å². The third-order valence-electron chi connectivity index (χ3n) is 6.40. The second-order valence-corrected chi connectivity index (χ2v) is 8.80. The molecule has 5 rings (SSSR count). The second kappa shape index (κ2) is 8.63. The minimum Gasteiger partial charge on any atom is -0.306 e. The Hall–Kier alpha value is -3.38. The van der Waals surface area contributed by atoms with E-state index in [1.807, 2.05) is 43.8 Å². The molecule has 0 radical (unpaired) electrons. The van der Waals surface area contributed by atoms with Crippen LogP contribution in [0.15, 0.2) is 61.2 Å². The number of pyridine rings is 2. The van der Waals surface area contributed by atoms with Gasteiger partial charge in [-0.25, -0.2) is 0 Å². The van der Waals surface area contributed by atoms with Crippen LogP contribution in [0.25, 0.3) is 22.0 Å². The molecule has 1 aromatic carbocycles. The SMILES string of the molecule is CN1CCC(c2cccc(C(=O)Cc3cc4cc(-c5cnn(C)c5)cnc4cn3)c2)CC1. The van der Waals surface area contributed by atoms with Crippen LogP contribution < -0.4 is 0 Å². The van der Waals surface area contributed by atoms with Crippen molar-refractivity contribution in [3.05, 3.63) is 78.0 Å². The molecule has 0 saturated carbocycles. The molecule has 1 fully saturated rings. The first-order chi connectivity index (χ1) is 15.5. The number of carbonyl (C=O) groups excluding carboxylic acids is 1. The van der Waals surface area contributed by atoms with E-state index in [9.17, 15) is 4.79 Å². The number of aryl methyl sites for hydroxylation is 1. The molecule has 1 aliphatic rings. The molecule has 0 bridgehead atoms. The number of carbonyl (C=O) groups is 1. The number of hydrogen-bond donors (Lipinski definition) is 0. The average molecular weight is 426 g/mol. The van der Waals surface area contributed by atoms with Gasteiger partial charge in [0.05, 0.1) is 24.3 Å². The summed E-state index contributed by atoms with van der Waals surface area (Å²) in [4.78, 5) is 24.4. The van der Waals surface area contributed by atoms with Crippen LogP contribution in [-0.2, 0) is 13.5 Å². The highest BCUT2D eigenvalue weighted by molar-refractivity contribution is 5.98. The van der Waals surface area contributed by atoms with Crippen LogP contribution in [0.1, 0.15) is 40.4 Å². The molecule has 0 aliphatic carbocycles. The highest BCUT2D eigenvalue weighted by Crippen LogP contribution is 2.28. The largest absolute Gasteiger partial charge is 0.306 e. The quantitative estimate of drug-likeness (QED) is 0.447. The van der Waals surface area contributed by atoms with Gasteiger partial charge in [-0.05, 0) is 62.7 Å². The van der Waals surface area contributed by atoms with Gasteiger partial charge < -0.3 is 4.90 Å². The molecule has 0 spiro atoms. The van der Waals surface area contributed by atoms with Crippen molar-refractivity contribution in [1.29, 1.82) is 0 Å². The van der Waals surface area contributed by atoms with Crippen molar-refractivity contribution in [1.82, 2.24) is 24.6 Å². The monoisotopic (exact) mass is 425 g/mol. The second-order valence-electron chi connectivity index (χ2n) is 8.80. The fourth-order valence-electron chi connectivity index (χ4n) is 4.48. The van der Waals surface area contributed by atoms with Gasteiger partial charge in [0.2, 0.25) is 0 Å². The summed E-state index contributed by atoms with van der Waals surface area (Å²) in [7, 11) is 4.06. The Balaban J connectivity index is 1.36. The molecule has 4 heterocycles.